The number of nitrogens with one attached hydrogen (secondary N) is 2. The Bertz CT molecular complexity index is 919. The maximum atomic E-state index is 11.2. The zero-order chi connectivity index (χ0) is 19.4. The number of anilines is 4. The van der Waals surface area contributed by atoms with Gasteiger partial charge in [-0.3, -0.25) is 4.79 Å². The second-order valence-electron chi connectivity index (χ2n) is 6.00. The minimum Gasteiger partial charge on any atom is -0.372 e. The highest BCUT2D eigenvalue weighted by Gasteiger charge is 2.14. The molecule has 28 heavy (non-hydrogen) atoms. The van der Waals surface area contributed by atoms with Crippen LogP contribution in [0.5, 0.6) is 0 Å². The zero-order valence-corrected chi connectivity index (χ0v) is 19.6. The van der Waals surface area contributed by atoms with E-state index in [1.54, 1.807) is 11.3 Å². The summed E-state index contributed by atoms with van der Waals surface area (Å²) in [5.41, 5.74) is 3.96. The topological polar surface area (TPSA) is 70.2 Å². The van der Waals surface area contributed by atoms with E-state index >= 15 is 0 Å². The van der Waals surface area contributed by atoms with Crippen LogP contribution in [-0.4, -0.2) is 29.0 Å². The first-order valence-electron chi connectivity index (χ1n) is 8.83. The van der Waals surface area contributed by atoms with Crippen molar-refractivity contribution in [2.24, 2.45) is 0 Å². The number of hydrogen-bond donors (Lipinski definition) is 2. The van der Waals surface area contributed by atoms with Gasteiger partial charge in [0.1, 0.15) is 0 Å². The number of thiazole rings is 2. The largest absolute Gasteiger partial charge is 0.372 e. The Kier molecular flexibility index (Phi) is 7.97. The second kappa shape index (κ2) is 9.99. The molecular formula is C19H24BrN5OS2. The monoisotopic (exact) mass is 481 g/mol. The molecule has 0 radical (unpaired) electrons. The van der Waals surface area contributed by atoms with Crippen LogP contribution in [0.2, 0.25) is 0 Å². The summed E-state index contributed by atoms with van der Waals surface area (Å²) in [5, 5.41) is 9.52. The number of carbonyl (C=O) groups is 1. The Morgan fingerprint density at radius 1 is 1.11 bits per heavy atom. The lowest BCUT2D eigenvalue weighted by Crippen LogP contribution is -2.21. The summed E-state index contributed by atoms with van der Waals surface area (Å²) < 4.78 is 0. The summed E-state index contributed by atoms with van der Waals surface area (Å²) in [5.74, 6) is -0.121. The van der Waals surface area contributed by atoms with Crippen molar-refractivity contribution in [3.05, 3.63) is 35.3 Å². The van der Waals surface area contributed by atoms with E-state index in [1.165, 1.54) is 23.9 Å². The summed E-state index contributed by atoms with van der Waals surface area (Å²) in [6, 6.07) is 8.39. The lowest BCUT2D eigenvalue weighted by Gasteiger charge is -2.21. The predicted octanol–water partition coefficient (Wildman–Crippen LogP) is 5.70. The molecule has 0 saturated carbocycles. The molecule has 0 bridgehead atoms. The minimum absolute atomic E-state index is 0. The average Bonchev–Trinajstić information content (AvgIpc) is 3.23. The highest BCUT2D eigenvalue weighted by molar-refractivity contribution is 8.93. The molecule has 6 nitrogen and oxygen atoms in total. The molecule has 0 unspecified atom stereocenters. The van der Waals surface area contributed by atoms with Crippen molar-refractivity contribution in [3.8, 4) is 10.6 Å². The van der Waals surface area contributed by atoms with Crippen LogP contribution in [0.25, 0.3) is 10.6 Å². The van der Waals surface area contributed by atoms with Crippen LogP contribution < -0.4 is 15.5 Å². The molecule has 0 atom stereocenters. The Labute approximate surface area is 183 Å². The first-order valence-corrected chi connectivity index (χ1v) is 10.5. The van der Waals surface area contributed by atoms with Crippen molar-refractivity contribution in [3.63, 3.8) is 0 Å². The molecule has 3 rings (SSSR count). The highest BCUT2D eigenvalue weighted by atomic mass is 79.9. The third-order valence-corrected chi connectivity index (χ3v) is 5.92. The van der Waals surface area contributed by atoms with Crippen molar-refractivity contribution < 1.29 is 4.79 Å². The molecule has 1 aromatic carbocycles. The first-order chi connectivity index (χ1) is 13.0. The number of aromatic nitrogens is 2. The van der Waals surface area contributed by atoms with Crippen molar-refractivity contribution in [2.45, 2.75) is 27.7 Å². The molecule has 1 amide bonds. The predicted molar refractivity (Wildman–Crippen MR) is 126 cm³/mol. The molecule has 0 aliphatic carbocycles. The fourth-order valence-electron chi connectivity index (χ4n) is 2.74. The maximum absolute atomic E-state index is 11.2. The van der Waals surface area contributed by atoms with E-state index in [-0.39, 0.29) is 22.9 Å². The van der Waals surface area contributed by atoms with Crippen LogP contribution in [0, 0.1) is 6.92 Å². The van der Waals surface area contributed by atoms with Crippen LogP contribution in [0.1, 0.15) is 26.5 Å². The lowest BCUT2D eigenvalue weighted by molar-refractivity contribution is -0.114. The van der Waals surface area contributed by atoms with E-state index in [1.807, 2.05) is 12.3 Å². The van der Waals surface area contributed by atoms with Crippen LogP contribution in [0.15, 0.2) is 29.6 Å². The molecular weight excluding hydrogens is 458 g/mol. The van der Waals surface area contributed by atoms with Gasteiger partial charge in [-0.1, -0.05) is 11.3 Å². The highest BCUT2D eigenvalue weighted by Crippen LogP contribution is 2.35. The summed E-state index contributed by atoms with van der Waals surface area (Å²) in [4.78, 5) is 23.6. The van der Waals surface area contributed by atoms with Gasteiger partial charge in [0.05, 0.1) is 16.3 Å². The summed E-state index contributed by atoms with van der Waals surface area (Å²) >= 11 is 2.99. The summed E-state index contributed by atoms with van der Waals surface area (Å²) in [6.07, 6.45) is 0. The van der Waals surface area contributed by atoms with Gasteiger partial charge in [0, 0.05) is 36.8 Å². The molecule has 9 heteroatoms. The van der Waals surface area contributed by atoms with E-state index in [9.17, 15) is 4.79 Å². The number of hydrogen-bond acceptors (Lipinski definition) is 7. The molecule has 2 aromatic heterocycles. The van der Waals surface area contributed by atoms with Crippen LogP contribution in [0.3, 0.4) is 0 Å². The smallest absolute Gasteiger partial charge is 0.223 e. The van der Waals surface area contributed by atoms with Crippen LogP contribution in [-0.2, 0) is 4.79 Å². The van der Waals surface area contributed by atoms with Gasteiger partial charge in [-0.15, -0.1) is 28.3 Å². The average molecular weight is 482 g/mol. The van der Waals surface area contributed by atoms with Gasteiger partial charge < -0.3 is 15.5 Å². The Balaban J connectivity index is 0.00000280. The molecule has 3 aromatic rings. The fourth-order valence-corrected chi connectivity index (χ4v) is 4.51. The van der Waals surface area contributed by atoms with Gasteiger partial charge >= 0.3 is 0 Å². The van der Waals surface area contributed by atoms with Crippen molar-refractivity contribution >= 4 is 67.2 Å². The summed E-state index contributed by atoms with van der Waals surface area (Å²) in [7, 11) is 0. The number of rotatable bonds is 7. The Morgan fingerprint density at radius 3 is 2.39 bits per heavy atom. The van der Waals surface area contributed by atoms with Crippen LogP contribution >= 0.6 is 39.7 Å². The van der Waals surface area contributed by atoms with Gasteiger partial charge in [0.15, 0.2) is 10.3 Å². The number of carbonyl (C=O) groups excluding carboxylic acids is 1. The van der Waals surface area contributed by atoms with Gasteiger partial charge in [-0.25, -0.2) is 9.97 Å². The molecule has 0 spiro atoms. The number of halogens is 1. The third kappa shape index (κ3) is 5.30. The Hall–Kier alpha value is -1.97. The van der Waals surface area contributed by atoms with Gasteiger partial charge in [-0.05, 0) is 45.0 Å². The molecule has 0 saturated heterocycles. The standard InChI is InChI=1S/C19H23N5OS2.BrH/c1-5-24(6-2)15-9-7-14(8-10-15)22-18-23-16(11-26-18)17-12(3)20-19(27-17)21-13(4)25;/h7-11H,5-6H2,1-4H3,(H,22,23)(H,20,21,25);1H. The number of nitrogens with zero attached hydrogens (tertiary/aromatic N) is 3. The van der Waals surface area contributed by atoms with Crippen molar-refractivity contribution in [1.82, 2.24) is 9.97 Å². The normalized spacial score (nSPS) is 10.3. The number of aryl methyl sites for hydroxylation is 1. The Morgan fingerprint density at radius 2 is 1.79 bits per heavy atom. The van der Waals surface area contributed by atoms with E-state index < -0.39 is 0 Å². The van der Waals surface area contributed by atoms with E-state index in [0.29, 0.717) is 5.13 Å². The molecule has 0 aliphatic rings. The molecule has 0 fully saturated rings. The van der Waals surface area contributed by atoms with Gasteiger partial charge in [-0.2, -0.15) is 0 Å². The van der Waals surface area contributed by atoms with Gasteiger partial charge in [0.25, 0.3) is 0 Å². The maximum Gasteiger partial charge on any atom is 0.223 e. The van der Waals surface area contributed by atoms with E-state index in [4.69, 9.17) is 0 Å². The molecule has 150 valence electrons. The second-order valence-corrected chi connectivity index (χ2v) is 7.85. The number of amides is 1. The summed E-state index contributed by atoms with van der Waals surface area (Å²) in [6.45, 7) is 9.71. The minimum atomic E-state index is -0.121. The van der Waals surface area contributed by atoms with Crippen LogP contribution in [0.4, 0.5) is 21.6 Å². The first kappa shape index (κ1) is 22.3. The van der Waals surface area contributed by atoms with Crippen molar-refractivity contribution in [2.75, 3.05) is 28.6 Å². The van der Waals surface area contributed by atoms with Crippen molar-refractivity contribution in [1.29, 1.82) is 0 Å². The van der Waals surface area contributed by atoms with Gasteiger partial charge in [0.2, 0.25) is 5.91 Å². The lowest BCUT2D eigenvalue weighted by atomic mass is 10.2. The SMILES string of the molecule is Br.CCN(CC)c1ccc(Nc2nc(-c3sc(NC(C)=O)nc3C)cs2)cc1. The van der Waals surface area contributed by atoms with E-state index in [2.05, 4.69) is 63.6 Å². The van der Waals surface area contributed by atoms with E-state index in [0.717, 1.165) is 40.2 Å². The fraction of sp³-hybridized carbons (Fsp3) is 0.316. The quantitative estimate of drug-likeness (QED) is 0.452. The molecule has 0 aliphatic heterocycles. The third-order valence-electron chi connectivity index (χ3n) is 4.06. The number of benzene rings is 1. The molecule has 2 heterocycles. The zero-order valence-electron chi connectivity index (χ0n) is 16.3. The molecule has 2 N–H and O–H groups in total.